The van der Waals surface area contributed by atoms with Gasteiger partial charge in [-0.2, -0.15) is 0 Å². The molecule has 0 saturated heterocycles. The van der Waals surface area contributed by atoms with Gasteiger partial charge in [-0.15, -0.1) is 0 Å². The zero-order chi connectivity index (χ0) is 14.5. The fourth-order valence-corrected chi connectivity index (χ4v) is 2.25. The Morgan fingerprint density at radius 3 is 2.80 bits per heavy atom. The molecule has 4 heteroatoms. The first-order chi connectivity index (χ1) is 9.65. The fraction of sp³-hybridized carbons (Fsp3) is 0.375. The van der Waals surface area contributed by atoms with Crippen molar-refractivity contribution >= 4 is 0 Å². The van der Waals surface area contributed by atoms with Crippen LogP contribution >= 0.6 is 0 Å². The molecule has 1 unspecified atom stereocenters. The van der Waals surface area contributed by atoms with Gasteiger partial charge in [-0.25, -0.2) is 4.39 Å². The first kappa shape index (κ1) is 14.6. The lowest BCUT2D eigenvalue weighted by Gasteiger charge is -2.16. The van der Waals surface area contributed by atoms with Gasteiger partial charge in [0.2, 0.25) is 0 Å². The lowest BCUT2D eigenvalue weighted by Crippen LogP contribution is -2.20. The number of ether oxygens (including phenoxy) is 1. The number of aromatic nitrogens is 1. The highest BCUT2D eigenvalue weighted by Gasteiger charge is 2.10. The number of benzene rings is 1. The number of rotatable bonds is 6. The van der Waals surface area contributed by atoms with Gasteiger partial charge in [-0.3, -0.25) is 0 Å². The smallest absolute Gasteiger partial charge is 0.165 e. The van der Waals surface area contributed by atoms with Crippen LogP contribution in [0.25, 0.3) is 0 Å². The first-order valence-corrected chi connectivity index (χ1v) is 6.86. The van der Waals surface area contributed by atoms with Crippen molar-refractivity contribution in [2.75, 3.05) is 7.11 Å². The van der Waals surface area contributed by atoms with Crippen molar-refractivity contribution < 1.29 is 9.13 Å². The van der Waals surface area contributed by atoms with Crippen LogP contribution < -0.4 is 10.1 Å². The molecule has 3 nitrogen and oxygen atoms in total. The van der Waals surface area contributed by atoms with Gasteiger partial charge in [-0.1, -0.05) is 6.07 Å². The molecular formula is C16H21FN2O. The predicted molar refractivity (Wildman–Crippen MR) is 78.3 cm³/mol. The molecule has 0 aliphatic heterocycles. The summed E-state index contributed by atoms with van der Waals surface area (Å²) in [6.07, 6.45) is 2.06. The molecule has 1 atom stereocenters. The van der Waals surface area contributed by atoms with E-state index in [1.54, 1.807) is 6.07 Å². The maximum absolute atomic E-state index is 13.7. The molecule has 0 saturated carbocycles. The van der Waals surface area contributed by atoms with E-state index in [9.17, 15) is 4.39 Å². The summed E-state index contributed by atoms with van der Waals surface area (Å²) in [6.45, 7) is 5.86. The molecule has 1 aromatic heterocycles. The molecule has 1 heterocycles. The monoisotopic (exact) mass is 276 g/mol. The van der Waals surface area contributed by atoms with Gasteiger partial charge in [0.25, 0.3) is 0 Å². The van der Waals surface area contributed by atoms with E-state index in [2.05, 4.69) is 29.1 Å². The van der Waals surface area contributed by atoms with E-state index >= 15 is 0 Å². The average molecular weight is 276 g/mol. The van der Waals surface area contributed by atoms with E-state index in [4.69, 9.17) is 4.74 Å². The van der Waals surface area contributed by atoms with Crippen molar-refractivity contribution in [3.63, 3.8) is 0 Å². The Bertz CT molecular complexity index is 565. The Hall–Kier alpha value is -1.81. The van der Waals surface area contributed by atoms with Gasteiger partial charge in [0.15, 0.2) is 11.6 Å². The van der Waals surface area contributed by atoms with Crippen LogP contribution in [0.2, 0.25) is 0 Å². The second-order valence-corrected chi connectivity index (χ2v) is 4.78. The summed E-state index contributed by atoms with van der Waals surface area (Å²) in [7, 11) is 1.47. The van der Waals surface area contributed by atoms with E-state index in [-0.39, 0.29) is 17.6 Å². The van der Waals surface area contributed by atoms with Crippen molar-refractivity contribution in [2.24, 2.45) is 0 Å². The normalized spacial score (nSPS) is 12.4. The largest absolute Gasteiger partial charge is 0.494 e. The van der Waals surface area contributed by atoms with Gasteiger partial charge in [0.05, 0.1) is 7.11 Å². The Balaban J connectivity index is 2.01. The van der Waals surface area contributed by atoms with Crippen LogP contribution in [-0.2, 0) is 13.1 Å². The lowest BCUT2D eigenvalue weighted by atomic mass is 10.1. The van der Waals surface area contributed by atoms with Crippen molar-refractivity contribution in [3.05, 3.63) is 53.6 Å². The van der Waals surface area contributed by atoms with E-state index in [0.717, 1.165) is 18.7 Å². The van der Waals surface area contributed by atoms with Gasteiger partial charge >= 0.3 is 0 Å². The summed E-state index contributed by atoms with van der Waals surface area (Å²) in [5.74, 6) is -0.0450. The van der Waals surface area contributed by atoms with E-state index in [0.29, 0.717) is 0 Å². The molecule has 2 rings (SSSR count). The second kappa shape index (κ2) is 6.57. The minimum Gasteiger partial charge on any atom is -0.494 e. The lowest BCUT2D eigenvalue weighted by molar-refractivity contribution is 0.385. The third-order valence-electron chi connectivity index (χ3n) is 3.53. The molecule has 0 fully saturated rings. The number of nitrogens with one attached hydrogen (secondary N) is 1. The molecule has 0 spiro atoms. The Morgan fingerprint density at radius 1 is 1.35 bits per heavy atom. The zero-order valence-electron chi connectivity index (χ0n) is 12.2. The molecule has 0 aliphatic carbocycles. The quantitative estimate of drug-likeness (QED) is 0.874. The van der Waals surface area contributed by atoms with Crippen LogP contribution in [0.3, 0.4) is 0 Å². The number of aryl methyl sites for hydroxylation is 1. The second-order valence-electron chi connectivity index (χ2n) is 4.78. The maximum Gasteiger partial charge on any atom is 0.165 e. The molecule has 0 radical (unpaired) electrons. The molecule has 108 valence electrons. The zero-order valence-corrected chi connectivity index (χ0v) is 12.2. The summed E-state index contributed by atoms with van der Waals surface area (Å²) in [5, 5.41) is 3.41. The number of hydrogen-bond acceptors (Lipinski definition) is 2. The van der Waals surface area contributed by atoms with Crippen LogP contribution in [0, 0.1) is 5.82 Å². The molecule has 1 N–H and O–H groups in total. The minimum atomic E-state index is -0.324. The minimum absolute atomic E-state index is 0.0793. The SMILES string of the molecule is CCn1cccc1CNC(C)c1ccc(OC)c(F)c1. The Labute approximate surface area is 119 Å². The summed E-state index contributed by atoms with van der Waals surface area (Å²) < 4.78 is 20.8. The average Bonchev–Trinajstić information content (AvgIpc) is 2.92. The van der Waals surface area contributed by atoms with E-state index in [1.807, 2.05) is 19.1 Å². The van der Waals surface area contributed by atoms with E-state index < -0.39 is 0 Å². The van der Waals surface area contributed by atoms with Crippen molar-refractivity contribution in [3.8, 4) is 5.75 Å². The van der Waals surface area contributed by atoms with Crippen LogP contribution in [-0.4, -0.2) is 11.7 Å². The van der Waals surface area contributed by atoms with Gasteiger partial charge < -0.3 is 14.6 Å². The summed E-state index contributed by atoms with van der Waals surface area (Å²) in [4.78, 5) is 0. The molecule has 0 bridgehead atoms. The highest BCUT2D eigenvalue weighted by Crippen LogP contribution is 2.21. The van der Waals surface area contributed by atoms with Crippen LogP contribution in [0.1, 0.15) is 31.1 Å². The molecule has 20 heavy (non-hydrogen) atoms. The standard InChI is InChI=1S/C16H21FN2O/c1-4-19-9-5-6-14(19)11-18-12(2)13-7-8-16(20-3)15(17)10-13/h5-10,12,18H,4,11H2,1-3H3. The molecule has 0 aliphatic rings. The molecule has 1 aromatic carbocycles. The van der Waals surface area contributed by atoms with Crippen molar-refractivity contribution in [1.82, 2.24) is 9.88 Å². The third kappa shape index (κ3) is 3.20. The summed E-state index contributed by atoms with van der Waals surface area (Å²) >= 11 is 0. The fourth-order valence-electron chi connectivity index (χ4n) is 2.25. The number of hydrogen-bond donors (Lipinski definition) is 1. The highest BCUT2D eigenvalue weighted by atomic mass is 19.1. The van der Waals surface area contributed by atoms with Gasteiger partial charge in [-0.05, 0) is 43.7 Å². The topological polar surface area (TPSA) is 26.2 Å². The number of halogens is 1. The van der Waals surface area contributed by atoms with Crippen LogP contribution in [0.4, 0.5) is 4.39 Å². The Kier molecular flexibility index (Phi) is 4.79. The van der Waals surface area contributed by atoms with Crippen molar-refractivity contribution in [1.29, 1.82) is 0 Å². The number of nitrogens with zero attached hydrogens (tertiary/aromatic N) is 1. The van der Waals surface area contributed by atoms with Crippen LogP contribution in [0.15, 0.2) is 36.5 Å². The van der Waals surface area contributed by atoms with Crippen molar-refractivity contribution in [2.45, 2.75) is 33.0 Å². The number of methoxy groups -OCH3 is 1. The van der Waals surface area contributed by atoms with E-state index in [1.165, 1.54) is 18.9 Å². The van der Waals surface area contributed by atoms with Gasteiger partial charge in [0, 0.05) is 31.0 Å². The Morgan fingerprint density at radius 2 is 2.15 bits per heavy atom. The summed E-state index contributed by atoms with van der Waals surface area (Å²) in [6, 6.07) is 9.29. The van der Waals surface area contributed by atoms with Crippen LogP contribution in [0.5, 0.6) is 5.75 Å². The molecule has 2 aromatic rings. The first-order valence-electron chi connectivity index (χ1n) is 6.86. The molecular weight excluding hydrogens is 255 g/mol. The highest BCUT2D eigenvalue weighted by molar-refractivity contribution is 5.30. The maximum atomic E-state index is 13.7. The van der Waals surface area contributed by atoms with Gasteiger partial charge in [0.1, 0.15) is 0 Å². The predicted octanol–water partition coefficient (Wildman–Crippen LogP) is 3.51. The molecule has 0 amide bonds. The third-order valence-corrected chi connectivity index (χ3v) is 3.53. The summed E-state index contributed by atoms with van der Waals surface area (Å²) in [5.41, 5.74) is 2.14.